The first-order chi connectivity index (χ1) is 11.9. The third-order valence-electron chi connectivity index (χ3n) is 3.91. The Morgan fingerprint density at radius 2 is 1.80 bits per heavy atom. The smallest absolute Gasteiger partial charge is 0.341 e. The summed E-state index contributed by atoms with van der Waals surface area (Å²) in [6.45, 7) is 1.63. The van der Waals surface area contributed by atoms with Crippen LogP contribution in [0.4, 0.5) is 24.8 Å². The molecule has 1 amide bonds. The highest BCUT2D eigenvalue weighted by atomic mass is 19.4. The van der Waals surface area contributed by atoms with Crippen molar-refractivity contribution in [3.63, 3.8) is 0 Å². The second-order valence-corrected chi connectivity index (χ2v) is 5.69. The van der Waals surface area contributed by atoms with E-state index in [0.717, 1.165) is 38.1 Å². The van der Waals surface area contributed by atoms with Crippen LogP contribution in [0.25, 0.3) is 0 Å². The molecule has 1 fully saturated rings. The molecule has 132 valence electrons. The number of likely N-dealkylation sites (tertiary alicyclic amines) is 1. The number of imidazole rings is 1. The number of aromatic nitrogens is 2. The average Bonchev–Trinajstić information content (AvgIpc) is 3.24. The van der Waals surface area contributed by atoms with E-state index in [1.54, 1.807) is 15.7 Å². The van der Waals surface area contributed by atoms with E-state index in [1.165, 1.54) is 18.3 Å². The van der Waals surface area contributed by atoms with Crippen LogP contribution in [0.1, 0.15) is 18.4 Å². The Morgan fingerprint density at radius 3 is 2.44 bits per heavy atom. The topological polar surface area (TPSA) is 62.9 Å². The standard InChI is InChI=1S/C16H16F3N5O/c17-16(18,19)12-3-5-13(6-4-12)21-22-15-20-7-10-24(15)11-14(25)23-8-1-2-9-23/h3-7,10H,1-2,8-9,11H2. The van der Waals surface area contributed by atoms with Crippen molar-refractivity contribution in [3.05, 3.63) is 42.2 Å². The summed E-state index contributed by atoms with van der Waals surface area (Å²) in [6.07, 6.45) is 0.752. The molecule has 0 spiro atoms. The zero-order valence-corrected chi connectivity index (χ0v) is 13.3. The Labute approximate surface area is 142 Å². The Bertz CT molecular complexity index is 761. The van der Waals surface area contributed by atoms with Crippen LogP contribution in [-0.2, 0) is 17.5 Å². The van der Waals surface area contributed by atoms with E-state index >= 15 is 0 Å². The van der Waals surface area contributed by atoms with Gasteiger partial charge in [0.05, 0.1) is 11.3 Å². The van der Waals surface area contributed by atoms with Crippen LogP contribution in [-0.4, -0.2) is 33.4 Å². The number of hydrogen-bond acceptors (Lipinski definition) is 4. The number of hydrogen-bond donors (Lipinski definition) is 0. The predicted octanol–water partition coefficient (Wildman–Crippen LogP) is 3.94. The van der Waals surface area contributed by atoms with Gasteiger partial charge in [-0.3, -0.25) is 4.79 Å². The summed E-state index contributed by atoms with van der Waals surface area (Å²) in [5, 5.41) is 7.82. The van der Waals surface area contributed by atoms with Crippen LogP contribution in [0, 0.1) is 0 Å². The second-order valence-electron chi connectivity index (χ2n) is 5.69. The zero-order chi connectivity index (χ0) is 17.9. The van der Waals surface area contributed by atoms with Crippen molar-refractivity contribution in [2.24, 2.45) is 10.2 Å². The van der Waals surface area contributed by atoms with Gasteiger partial charge in [-0.15, -0.1) is 10.2 Å². The Kier molecular flexibility index (Phi) is 4.82. The lowest BCUT2D eigenvalue weighted by Crippen LogP contribution is -2.30. The van der Waals surface area contributed by atoms with Gasteiger partial charge in [-0.25, -0.2) is 4.98 Å². The number of carbonyl (C=O) groups excluding carboxylic acids is 1. The van der Waals surface area contributed by atoms with E-state index in [4.69, 9.17) is 0 Å². The predicted molar refractivity (Wildman–Crippen MR) is 83.7 cm³/mol. The van der Waals surface area contributed by atoms with E-state index in [1.807, 2.05) is 0 Å². The van der Waals surface area contributed by atoms with Crippen molar-refractivity contribution in [3.8, 4) is 0 Å². The minimum atomic E-state index is -4.39. The van der Waals surface area contributed by atoms with Crippen molar-refractivity contribution < 1.29 is 18.0 Å². The number of amides is 1. The number of carbonyl (C=O) groups is 1. The number of nitrogens with zero attached hydrogens (tertiary/aromatic N) is 5. The molecule has 0 N–H and O–H groups in total. The largest absolute Gasteiger partial charge is 0.416 e. The molecule has 2 heterocycles. The summed E-state index contributed by atoms with van der Waals surface area (Å²) in [7, 11) is 0. The molecule has 25 heavy (non-hydrogen) atoms. The molecule has 1 aliphatic heterocycles. The van der Waals surface area contributed by atoms with Crippen LogP contribution in [0.15, 0.2) is 46.9 Å². The number of halogens is 3. The molecular weight excluding hydrogens is 335 g/mol. The fourth-order valence-electron chi connectivity index (χ4n) is 2.56. The van der Waals surface area contributed by atoms with Gasteiger partial charge in [0.1, 0.15) is 6.54 Å². The lowest BCUT2D eigenvalue weighted by Gasteiger charge is -2.15. The number of alkyl halides is 3. The van der Waals surface area contributed by atoms with E-state index in [-0.39, 0.29) is 24.1 Å². The zero-order valence-electron chi connectivity index (χ0n) is 13.3. The summed E-state index contributed by atoms with van der Waals surface area (Å²) in [5.41, 5.74) is -0.474. The van der Waals surface area contributed by atoms with E-state index in [0.29, 0.717) is 0 Å². The van der Waals surface area contributed by atoms with Gasteiger partial charge >= 0.3 is 6.18 Å². The minimum absolute atomic E-state index is 0.0125. The highest BCUT2D eigenvalue weighted by molar-refractivity contribution is 5.76. The van der Waals surface area contributed by atoms with Crippen LogP contribution in [0.3, 0.4) is 0 Å². The fourth-order valence-corrected chi connectivity index (χ4v) is 2.56. The lowest BCUT2D eigenvalue weighted by atomic mass is 10.2. The van der Waals surface area contributed by atoms with E-state index in [9.17, 15) is 18.0 Å². The first-order valence-corrected chi connectivity index (χ1v) is 7.81. The average molecular weight is 351 g/mol. The monoisotopic (exact) mass is 351 g/mol. The van der Waals surface area contributed by atoms with Gasteiger partial charge in [0.25, 0.3) is 0 Å². The Hall–Kier alpha value is -2.71. The molecule has 0 aliphatic carbocycles. The highest BCUT2D eigenvalue weighted by Gasteiger charge is 2.29. The van der Waals surface area contributed by atoms with Gasteiger partial charge in [-0.2, -0.15) is 13.2 Å². The van der Waals surface area contributed by atoms with Gasteiger partial charge in [0, 0.05) is 25.5 Å². The summed E-state index contributed by atoms with van der Waals surface area (Å²) < 4.78 is 39.1. The molecule has 1 aromatic carbocycles. The normalized spacial score (nSPS) is 15.2. The molecular formula is C16H16F3N5O. The molecule has 1 aromatic heterocycles. The molecule has 2 aromatic rings. The molecule has 9 heteroatoms. The SMILES string of the molecule is O=C(Cn1ccnc1N=Nc1ccc(C(F)(F)F)cc1)N1CCCC1. The summed E-state index contributed by atoms with van der Waals surface area (Å²) in [5.74, 6) is 0.217. The molecule has 0 radical (unpaired) electrons. The number of benzene rings is 1. The van der Waals surface area contributed by atoms with Crippen molar-refractivity contribution in [2.75, 3.05) is 13.1 Å². The summed E-state index contributed by atoms with van der Waals surface area (Å²) >= 11 is 0. The molecule has 6 nitrogen and oxygen atoms in total. The van der Waals surface area contributed by atoms with Gasteiger partial charge in [-0.1, -0.05) is 0 Å². The Morgan fingerprint density at radius 1 is 1.12 bits per heavy atom. The summed E-state index contributed by atoms with van der Waals surface area (Å²) in [6, 6.07) is 4.35. The maximum atomic E-state index is 12.5. The molecule has 0 unspecified atom stereocenters. The van der Waals surface area contributed by atoms with Crippen LogP contribution >= 0.6 is 0 Å². The van der Waals surface area contributed by atoms with Crippen molar-refractivity contribution in [1.82, 2.24) is 14.5 Å². The first kappa shape index (κ1) is 17.1. The lowest BCUT2D eigenvalue weighted by molar-refractivity contribution is -0.137. The third kappa shape index (κ3) is 4.23. The van der Waals surface area contributed by atoms with E-state index < -0.39 is 11.7 Å². The maximum absolute atomic E-state index is 12.5. The second kappa shape index (κ2) is 7.04. The van der Waals surface area contributed by atoms with E-state index in [2.05, 4.69) is 15.2 Å². The van der Waals surface area contributed by atoms with Crippen LogP contribution < -0.4 is 0 Å². The van der Waals surface area contributed by atoms with Crippen molar-refractivity contribution >= 4 is 17.5 Å². The molecule has 0 bridgehead atoms. The van der Waals surface area contributed by atoms with Gasteiger partial charge in [0.2, 0.25) is 11.9 Å². The van der Waals surface area contributed by atoms with Crippen molar-refractivity contribution in [1.29, 1.82) is 0 Å². The van der Waals surface area contributed by atoms with Crippen LogP contribution in [0.2, 0.25) is 0 Å². The highest BCUT2D eigenvalue weighted by Crippen LogP contribution is 2.30. The van der Waals surface area contributed by atoms with Gasteiger partial charge in [-0.05, 0) is 37.1 Å². The maximum Gasteiger partial charge on any atom is 0.416 e. The van der Waals surface area contributed by atoms with Crippen LogP contribution in [0.5, 0.6) is 0 Å². The minimum Gasteiger partial charge on any atom is -0.341 e. The molecule has 1 aliphatic rings. The number of rotatable bonds is 4. The molecule has 3 rings (SSSR count). The van der Waals surface area contributed by atoms with Gasteiger partial charge < -0.3 is 9.47 Å². The fraction of sp³-hybridized carbons (Fsp3) is 0.375. The molecule has 1 saturated heterocycles. The third-order valence-corrected chi connectivity index (χ3v) is 3.91. The molecule has 0 atom stereocenters. The quantitative estimate of drug-likeness (QED) is 0.783. The number of azo groups is 1. The van der Waals surface area contributed by atoms with Gasteiger partial charge in [0.15, 0.2) is 0 Å². The first-order valence-electron chi connectivity index (χ1n) is 7.81. The molecule has 0 saturated carbocycles. The summed E-state index contributed by atoms with van der Waals surface area (Å²) in [4.78, 5) is 18.0. The van der Waals surface area contributed by atoms with Crippen molar-refractivity contribution in [2.45, 2.75) is 25.6 Å². The Balaban J connectivity index is 1.68.